The highest BCUT2D eigenvalue weighted by molar-refractivity contribution is 7.92. The summed E-state index contributed by atoms with van der Waals surface area (Å²) in [6.07, 6.45) is 0.706. The Bertz CT molecular complexity index is 304. The Balaban J connectivity index is 2.26. The lowest BCUT2D eigenvalue weighted by molar-refractivity contribution is -0.118. The first kappa shape index (κ1) is 7.28. The number of ketones is 1. The van der Waals surface area contributed by atoms with Gasteiger partial charge < -0.3 is 0 Å². The molecule has 0 N–H and O–H groups in total. The molecular formula is C7H10O3S. The summed E-state index contributed by atoms with van der Waals surface area (Å²) in [7, 11) is -2.87. The lowest BCUT2D eigenvalue weighted by Crippen LogP contribution is -2.13. The van der Waals surface area contributed by atoms with Gasteiger partial charge in [-0.25, -0.2) is 8.42 Å². The van der Waals surface area contributed by atoms with Gasteiger partial charge in [-0.2, -0.15) is 0 Å². The Morgan fingerprint density at radius 1 is 1.45 bits per heavy atom. The fourth-order valence-corrected chi connectivity index (χ4v) is 4.61. The number of hydrogen-bond donors (Lipinski definition) is 0. The van der Waals surface area contributed by atoms with Crippen LogP contribution in [0.2, 0.25) is 0 Å². The normalized spacial score (nSPS) is 45.0. The van der Waals surface area contributed by atoms with Crippen LogP contribution in [-0.2, 0) is 14.6 Å². The number of sulfone groups is 1. The molecule has 4 heteroatoms. The third-order valence-electron chi connectivity index (χ3n) is 2.72. The van der Waals surface area contributed by atoms with Crippen LogP contribution in [-0.4, -0.2) is 25.2 Å². The topological polar surface area (TPSA) is 51.2 Å². The number of hydrogen-bond acceptors (Lipinski definition) is 3. The fourth-order valence-electron chi connectivity index (χ4n) is 2.15. The molecule has 0 aromatic rings. The lowest BCUT2D eigenvalue weighted by Gasteiger charge is -1.97. The van der Waals surface area contributed by atoms with Gasteiger partial charge in [0, 0.05) is 5.92 Å². The van der Waals surface area contributed by atoms with Crippen LogP contribution in [0.1, 0.15) is 13.3 Å². The number of carbonyl (C=O) groups is 1. The molecule has 2 rings (SSSR count). The molecule has 1 unspecified atom stereocenters. The van der Waals surface area contributed by atoms with Gasteiger partial charge in [-0.1, -0.05) is 0 Å². The Morgan fingerprint density at radius 2 is 2.09 bits per heavy atom. The van der Waals surface area contributed by atoms with E-state index in [4.69, 9.17) is 0 Å². The van der Waals surface area contributed by atoms with Gasteiger partial charge in [0.25, 0.3) is 0 Å². The van der Waals surface area contributed by atoms with Gasteiger partial charge in [-0.15, -0.1) is 0 Å². The second-order valence-electron chi connectivity index (χ2n) is 3.42. The molecule has 0 aromatic carbocycles. The van der Waals surface area contributed by atoms with E-state index in [0.29, 0.717) is 12.2 Å². The van der Waals surface area contributed by atoms with Crippen molar-refractivity contribution in [1.82, 2.24) is 0 Å². The molecule has 2 fully saturated rings. The van der Waals surface area contributed by atoms with Crippen LogP contribution in [0, 0.1) is 11.8 Å². The van der Waals surface area contributed by atoms with Gasteiger partial charge in [0.05, 0.1) is 11.0 Å². The van der Waals surface area contributed by atoms with Crippen LogP contribution in [0.5, 0.6) is 0 Å². The summed E-state index contributed by atoms with van der Waals surface area (Å²) in [6, 6.07) is 0. The molecule has 1 heterocycles. The zero-order valence-electron chi connectivity index (χ0n) is 6.28. The van der Waals surface area contributed by atoms with Gasteiger partial charge in [-0.3, -0.25) is 4.79 Å². The van der Waals surface area contributed by atoms with E-state index in [9.17, 15) is 13.2 Å². The molecule has 1 saturated carbocycles. The number of fused-ring (bicyclic) bond motifs is 1. The van der Waals surface area contributed by atoms with Crippen molar-refractivity contribution >= 4 is 15.6 Å². The summed E-state index contributed by atoms with van der Waals surface area (Å²) in [5.41, 5.74) is 0. The summed E-state index contributed by atoms with van der Waals surface area (Å²) >= 11 is 0. The first-order valence-electron chi connectivity index (χ1n) is 3.76. The monoisotopic (exact) mass is 174 g/mol. The standard InChI is InChI=1S/C7H10O3S/c1-4(8)6-5-2-3-11(9,10)7(5)6/h5-7H,2-3H2,1H3/t5-,6?,7-/m1/s1. The van der Waals surface area contributed by atoms with E-state index in [2.05, 4.69) is 0 Å². The van der Waals surface area contributed by atoms with Crippen molar-refractivity contribution in [1.29, 1.82) is 0 Å². The van der Waals surface area contributed by atoms with Crippen LogP contribution in [0.25, 0.3) is 0 Å². The third-order valence-corrected chi connectivity index (χ3v) is 4.99. The van der Waals surface area contributed by atoms with Gasteiger partial charge in [0.2, 0.25) is 0 Å². The van der Waals surface area contributed by atoms with Gasteiger partial charge in [0.15, 0.2) is 9.84 Å². The predicted octanol–water partition coefficient (Wildman–Crippen LogP) is 0.00850. The average molecular weight is 174 g/mol. The van der Waals surface area contributed by atoms with Crippen LogP contribution in [0.4, 0.5) is 0 Å². The molecule has 1 aliphatic heterocycles. The second kappa shape index (κ2) is 1.86. The largest absolute Gasteiger partial charge is 0.300 e. The molecule has 2 aliphatic rings. The first-order valence-corrected chi connectivity index (χ1v) is 5.47. The van der Waals surface area contributed by atoms with Crippen LogP contribution >= 0.6 is 0 Å². The number of Topliss-reactive ketones (excluding diaryl/α,β-unsaturated/α-hetero) is 1. The summed E-state index contributed by atoms with van der Waals surface area (Å²) in [5.74, 6) is 0.376. The van der Waals surface area contributed by atoms with Gasteiger partial charge >= 0.3 is 0 Å². The molecule has 1 aliphatic carbocycles. The smallest absolute Gasteiger partial charge is 0.154 e. The van der Waals surface area contributed by atoms with E-state index in [0.717, 1.165) is 0 Å². The molecule has 0 amide bonds. The Labute approximate surface area is 65.7 Å². The highest BCUT2D eigenvalue weighted by Gasteiger charge is 2.63. The van der Waals surface area contributed by atoms with Crippen molar-refractivity contribution in [2.45, 2.75) is 18.6 Å². The minimum absolute atomic E-state index is 0.0447. The molecule has 0 bridgehead atoms. The van der Waals surface area contributed by atoms with E-state index in [1.54, 1.807) is 0 Å². The molecule has 3 nitrogen and oxygen atoms in total. The summed E-state index contributed by atoms with van der Waals surface area (Å²) < 4.78 is 22.3. The predicted molar refractivity (Wildman–Crippen MR) is 39.9 cm³/mol. The van der Waals surface area contributed by atoms with Crippen molar-refractivity contribution in [3.63, 3.8) is 0 Å². The molecule has 0 aromatic heterocycles. The van der Waals surface area contributed by atoms with E-state index in [1.165, 1.54) is 6.92 Å². The molecule has 0 radical (unpaired) electrons. The zero-order valence-corrected chi connectivity index (χ0v) is 7.10. The molecule has 11 heavy (non-hydrogen) atoms. The molecule has 62 valence electrons. The summed E-state index contributed by atoms with van der Waals surface area (Å²) in [5, 5.41) is -0.292. The SMILES string of the molecule is CC(=O)C1[C@H]2CCS(=O)(=O)[C@@H]12. The highest BCUT2D eigenvalue weighted by atomic mass is 32.2. The van der Waals surface area contributed by atoms with Crippen molar-refractivity contribution in [2.24, 2.45) is 11.8 Å². The molecule has 1 saturated heterocycles. The fraction of sp³-hybridized carbons (Fsp3) is 0.857. The maximum atomic E-state index is 11.2. The van der Waals surface area contributed by atoms with Crippen molar-refractivity contribution in [3.05, 3.63) is 0 Å². The second-order valence-corrected chi connectivity index (χ2v) is 5.70. The van der Waals surface area contributed by atoms with Crippen molar-refractivity contribution < 1.29 is 13.2 Å². The minimum atomic E-state index is -2.87. The minimum Gasteiger partial charge on any atom is -0.300 e. The maximum Gasteiger partial charge on any atom is 0.154 e. The highest BCUT2D eigenvalue weighted by Crippen LogP contribution is 2.52. The third kappa shape index (κ3) is 0.851. The van der Waals surface area contributed by atoms with Crippen LogP contribution in [0.3, 0.4) is 0 Å². The molecule has 3 atom stereocenters. The van der Waals surface area contributed by atoms with Crippen LogP contribution < -0.4 is 0 Å². The lowest BCUT2D eigenvalue weighted by atomic mass is 10.2. The van der Waals surface area contributed by atoms with Gasteiger partial charge in [0.1, 0.15) is 5.78 Å². The Hall–Kier alpha value is -0.380. The van der Waals surface area contributed by atoms with Crippen molar-refractivity contribution in [2.75, 3.05) is 5.75 Å². The van der Waals surface area contributed by atoms with Crippen molar-refractivity contribution in [3.8, 4) is 0 Å². The van der Waals surface area contributed by atoms with Crippen LogP contribution in [0.15, 0.2) is 0 Å². The first-order chi connectivity index (χ1) is 5.04. The van der Waals surface area contributed by atoms with E-state index >= 15 is 0 Å². The van der Waals surface area contributed by atoms with E-state index < -0.39 is 9.84 Å². The maximum absolute atomic E-state index is 11.2. The zero-order chi connectivity index (χ0) is 8.22. The Morgan fingerprint density at radius 3 is 2.36 bits per heavy atom. The molecule has 0 spiro atoms. The van der Waals surface area contributed by atoms with E-state index in [1.807, 2.05) is 0 Å². The summed E-state index contributed by atoms with van der Waals surface area (Å²) in [6.45, 7) is 1.48. The van der Waals surface area contributed by atoms with E-state index in [-0.39, 0.29) is 22.9 Å². The quantitative estimate of drug-likeness (QED) is 0.562. The number of carbonyl (C=O) groups excluding carboxylic acids is 1. The Kier molecular flexibility index (Phi) is 1.23. The summed E-state index contributed by atoms with van der Waals surface area (Å²) in [4.78, 5) is 10.8. The number of rotatable bonds is 1. The average Bonchev–Trinajstić information content (AvgIpc) is 2.51. The molecular weight excluding hydrogens is 164 g/mol. The van der Waals surface area contributed by atoms with Gasteiger partial charge in [-0.05, 0) is 19.3 Å².